The van der Waals surface area contributed by atoms with E-state index < -0.39 is 0 Å². The number of methoxy groups -OCH3 is 1. The first-order valence-electron chi connectivity index (χ1n) is 14.7. The lowest BCUT2D eigenvalue weighted by Gasteiger charge is -2.33. The average Bonchev–Trinajstić information content (AvgIpc) is 3.40. The number of hydrogen-bond acceptors (Lipinski definition) is 3. The monoisotopic (exact) mass is 545 g/mol. The third kappa shape index (κ3) is 8.48. The van der Waals surface area contributed by atoms with Gasteiger partial charge in [0.15, 0.2) is 0 Å². The molecule has 0 spiro atoms. The van der Waals surface area contributed by atoms with Crippen LogP contribution in [0.3, 0.4) is 0 Å². The lowest BCUT2D eigenvalue weighted by molar-refractivity contribution is -0.135. The topological polar surface area (TPSA) is 54.8 Å². The molecule has 1 atom stereocenters. The summed E-state index contributed by atoms with van der Waals surface area (Å²) in [6.07, 6.45) is 7.46. The molecule has 1 aromatic heterocycles. The molecule has 3 aromatic rings. The molecule has 0 aliphatic carbocycles. The average molecular weight is 546 g/mol. The van der Waals surface area contributed by atoms with Gasteiger partial charge in [-0.3, -0.25) is 9.59 Å². The molecule has 0 saturated carbocycles. The Hall–Kier alpha value is -3.54. The number of benzene rings is 2. The smallest absolute Gasteiger partial charge is 0.254 e. The molecule has 0 aliphatic rings. The molecular formula is C34H47N3O3. The molecule has 0 radical (unpaired) electrons. The summed E-state index contributed by atoms with van der Waals surface area (Å²) < 4.78 is 7.56. The molecule has 6 nitrogen and oxygen atoms in total. The molecule has 0 saturated heterocycles. The van der Waals surface area contributed by atoms with E-state index in [1.54, 1.807) is 12.0 Å². The highest BCUT2D eigenvalue weighted by Gasteiger charge is 2.27. The van der Waals surface area contributed by atoms with E-state index in [2.05, 4.69) is 37.5 Å². The van der Waals surface area contributed by atoms with Gasteiger partial charge in [0, 0.05) is 36.1 Å². The van der Waals surface area contributed by atoms with Crippen LogP contribution >= 0.6 is 0 Å². The predicted molar refractivity (Wildman–Crippen MR) is 163 cm³/mol. The maximum atomic E-state index is 13.8. The largest absolute Gasteiger partial charge is 0.497 e. The summed E-state index contributed by atoms with van der Waals surface area (Å²) in [6.45, 7) is 11.5. The van der Waals surface area contributed by atoms with E-state index in [0.29, 0.717) is 18.7 Å². The van der Waals surface area contributed by atoms with Gasteiger partial charge in [0.25, 0.3) is 5.91 Å². The lowest BCUT2D eigenvalue weighted by Crippen LogP contribution is -2.48. The van der Waals surface area contributed by atoms with E-state index in [1.807, 2.05) is 73.5 Å². The van der Waals surface area contributed by atoms with Crippen LogP contribution in [-0.4, -0.2) is 51.9 Å². The number of nitrogens with zero attached hydrogens (tertiary/aromatic N) is 3. The van der Waals surface area contributed by atoms with Gasteiger partial charge >= 0.3 is 0 Å². The molecule has 6 heteroatoms. The van der Waals surface area contributed by atoms with Crippen LogP contribution in [0.2, 0.25) is 0 Å². The summed E-state index contributed by atoms with van der Waals surface area (Å²) in [5.74, 6) is 0.683. The Bertz CT molecular complexity index is 1220. The van der Waals surface area contributed by atoms with Gasteiger partial charge in [-0.25, -0.2) is 0 Å². The zero-order valence-electron chi connectivity index (χ0n) is 25.2. The number of rotatable bonds is 15. The van der Waals surface area contributed by atoms with Crippen LogP contribution < -0.4 is 4.74 Å². The molecule has 1 heterocycles. The molecule has 0 fully saturated rings. The Morgan fingerprint density at radius 3 is 2.30 bits per heavy atom. The number of carbonyl (C=O) groups is 2. The summed E-state index contributed by atoms with van der Waals surface area (Å²) in [6, 6.07) is 20.0. The number of aryl methyl sites for hydroxylation is 1. The Morgan fingerprint density at radius 1 is 0.900 bits per heavy atom. The Balaban J connectivity index is 1.74. The van der Waals surface area contributed by atoms with Crippen LogP contribution in [-0.2, 0) is 24.3 Å². The van der Waals surface area contributed by atoms with Crippen molar-refractivity contribution in [1.29, 1.82) is 0 Å². The highest BCUT2D eigenvalue weighted by Crippen LogP contribution is 2.19. The SMILES string of the molecule is CCCCCc1ccc(C(=O)N(CC(=O)N(Cc2cccn2Cc2cccc(OC)c2)C(C)CC)C(C)C)cc1. The Morgan fingerprint density at radius 2 is 1.65 bits per heavy atom. The zero-order chi connectivity index (χ0) is 29.1. The van der Waals surface area contributed by atoms with Gasteiger partial charge in [-0.1, -0.05) is 51.0 Å². The van der Waals surface area contributed by atoms with Crippen molar-refractivity contribution >= 4 is 11.8 Å². The number of aromatic nitrogens is 1. The van der Waals surface area contributed by atoms with Crippen molar-refractivity contribution in [2.45, 2.75) is 91.9 Å². The highest BCUT2D eigenvalue weighted by atomic mass is 16.5. The summed E-state index contributed by atoms with van der Waals surface area (Å²) >= 11 is 0. The molecule has 40 heavy (non-hydrogen) atoms. The lowest BCUT2D eigenvalue weighted by atomic mass is 10.0. The van der Waals surface area contributed by atoms with Crippen LogP contribution in [0.15, 0.2) is 66.9 Å². The van der Waals surface area contributed by atoms with E-state index in [1.165, 1.54) is 18.4 Å². The van der Waals surface area contributed by atoms with Crippen LogP contribution in [0.25, 0.3) is 0 Å². The number of ether oxygens (including phenoxy) is 1. The molecule has 0 bridgehead atoms. The van der Waals surface area contributed by atoms with E-state index in [0.717, 1.165) is 36.3 Å². The fraction of sp³-hybridized carbons (Fsp3) is 0.471. The van der Waals surface area contributed by atoms with Gasteiger partial charge in [0.2, 0.25) is 5.91 Å². The second-order valence-electron chi connectivity index (χ2n) is 10.9. The van der Waals surface area contributed by atoms with E-state index in [9.17, 15) is 9.59 Å². The van der Waals surface area contributed by atoms with Crippen LogP contribution in [0.5, 0.6) is 5.75 Å². The van der Waals surface area contributed by atoms with Crippen molar-refractivity contribution in [2.75, 3.05) is 13.7 Å². The molecular weight excluding hydrogens is 498 g/mol. The van der Waals surface area contributed by atoms with Crippen LogP contribution in [0.1, 0.15) is 87.5 Å². The van der Waals surface area contributed by atoms with Crippen molar-refractivity contribution in [3.63, 3.8) is 0 Å². The van der Waals surface area contributed by atoms with Crippen molar-refractivity contribution in [3.8, 4) is 5.75 Å². The maximum absolute atomic E-state index is 13.8. The van der Waals surface area contributed by atoms with Gasteiger partial charge in [0.05, 0.1) is 13.7 Å². The quantitative estimate of drug-likeness (QED) is 0.194. The van der Waals surface area contributed by atoms with Crippen molar-refractivity contribution in [2.24, 2.45) is 0 Å². The standard InChI is InChI=1S/C34H47N3O3/c1-7-9-10-13-28-17-19-30(20-18-28)34(39)36(26(3)4)25-33(38)37(27(5)8-2)24-31-15-12-21-35(31)23-29-14-11-16-32(22-29)40-6/h11-12,14-22,26-27H,7-10,13,23-25H2,1-6H3. The molecule has 0 aliphatic heterocycles. The normalized spacial score (nSPS) is 11.9. The minimum absolute atomic E-state index is 0.0401. The Labute approximate surface area is 240 Å². The van der Waals surface area contributed by atoms with Crippen LogP contribution in [0, 0.1) is 0 Å². The molecule has 3 rings (SSSR count). The van der Waals surface area contributed by atoms with Gasteiger partial charge in [0.1, 0.15) is 12.3 Å². The zero-order valence-corrected chi connectivity index (χ0v) is 25.2. The Kier molecular flexibility index (Phi) is 11.9. The highest BCUT2D eigenvalue weighted by molar-refractivity contribution is 5.96. The molecule has 2 amide bonds. The second kappa shape index (κ2) is 15.3. The second-order valence-corrected chi connectivity index (χ2v) is 10.9. The van der Waals surface area contributed by atoms with E-state index in [4.69, 9.17) is 4.74 Å². The molecule has 2 aromatic carbocycles. The fourth-order valence-corrected chi connectivity index (χ4v) is 4.88. The van der Waals surface area contributed by atoms with Crippen molar-refractivity contribution in [3.05, 3.63) is 89.2 Å². The number of unbranched alkanes of at least 4 members (excludes halogenated alkanes) is 2. The van der Waals surface area contributed by atoms with Gasteiger partial charge < -0.3 is 19.1 Å². The minimum Gasteiger partial charge on any atom is -0.497 e. The maximum Gasteiger partial charge on any atom is 0.254 e. The summed E-state index contributed by atoms with van der Waals surface area (Å²) in [5, 5.41) is 0. The van der Waals surface area contributed by atoms with Crippen LogP contribution in [0.4, 0.5) is 0 Å². The first kappa shape index (κ1) is 31.0. The fourth-order valence-electron chi connectivity index (χ4n) is 4.88. The third-order valence-corrected chi connectivity index (χ3v) is 7.65. The number of amides is 2. The first-order valence-corrected chi connectivity index (χ1v) is 14.7. The van der Waals surface area contributed by atoms with Gasteiger partial charge in [-0.2, -0.15) is 0 Å². The van der Waals surface area contributed by atoms with Crippen molar-refractivity contribution < 1.29 is 14.3 Å². The summed E-state index contributed by atoms with van der Waals surface area (Å²) in [7, 11) is 1.67. The summed E-state index contributed by atoms with van der Waals surface area (Å²) in [4.78, 5) is 30.9. The molecule has 216 valence electrons. The predicted octanol–water partition coefficient (Wildman–Crippen LogP) is 6.96. The molecule has 1 unspecified atom stereocenters. The third-order valence-electron chi connectivity index (χ3n) is 7.65. The summed E-state index contributed by atoms with van der Waals surface area (Å²) in [5.41, 5.74) is 4.06. The van der Waals surface area contributed by atoms with E-state index in [-0.39, 0.29) is 30.4 Å². The number of carbonyl (C=O) groups excluding carboxylic acids is 2. The van der Waals surface area contributed by atoms with Gasteiger partial charge in [-0.15, -0.1) is 0 Å². The van der Waals surface area contributed by atoms with Crippen molar-refractivity contribution in [1.82, 2.24) is 14.4 Å². The van der Waals surface area contributed by atoms with Gasteiger partial charge in [-0.05, 0) is 87.6 Å². The number of hydrogen-bond donors (Lipinski definition) is 0. The minimum atomic E-state index is -0.103. The first-order chi connectivity index (χ1) is 19.3. The van der Waals surface area contributed by atoms with E-state index >= 15 is 0 Å². The molecule has 0 N–H and O–H groups in total.